The zero-order valence-electron chi connectivity index (χ0n) is 23.7. The molecule has 3 N–H and O–H groups in total. The second-order valence-electron chi connectivity index (χ2n) is 10.2. The topological polar surface area (TPSA) is 145 Å². The Morgan fingerprint density at radius 3 is 2.22 bits per heavy atom. The third-order valence-electron chi connectivity index (χ3n) is 6.30. The average molecular weight is 666 g/mol. The van der Waals surface area contributed by atoms with Gasteiger partial charge in [-0.2, -0.15) is 26.3 Å². The first-order chi connectivity index (χ1) is 20.7. The van der Waals surface area contributed by atoms with Gasteiger partial charge >= 0.3 is 24.0 Å². The first kappa shape index (κ1) is 35.1. The quantitative estimate of drug-likeness (QED) is 0.223. The molecule has 1 unspecified atom stereocenters. The Labute approximate surface area is 255 Å². The van der Waals surface area contributed by atoms with Gasteiger partial charge in [0.2, 0.25) is 11.8 Å². The summed E-state index contributed by atoms with van der Waals surface area (Å²) in [5.74, 6) is -3.60. The van der Waals surface area contributed by atoms with E-state index >= 15 is 0 Å². The summed E-state index contributed by atoms with van der Waals surface area (Å²) in [5, 5.41) is 18.3. The van der Waals surface area contributed by atoms with Gasteiger partial charge in [-0.15, -0.1) is 5.10 Å². The van der Waals surface area contributed by atoms with Gasteiger partial charge in [0.05, 0.1) is 19.2 Å². The molecule has 2 atom stereocenters. The van der Waals surface area contributed by atoms with Crippen LogP contribution < -0.4 is 16.3 Å². The summed E-state index contributed by atoms with van der Waals surface area (Å²) in [6, 6.07) is 6.88. The zero-order chi connectivity index (χ0) is 33.9. The van der Waals surface area contributed by atoms with Crippen LogP contribution in [0.5, 0.6) is 0 Å². The van der Waals surface area contributed by atoms with E-state index < -0.39 is 72.2 Å². The third-order valence-corrected chi connectivity index (χ3v) is 6.55. The van der Waals surface area contributed by atoms with Crippen molar-refractivity contribution in [3.05, 3.63) is 75.2 Å². The van der Waals surface area contributed by atoms with Crippen molar-refractivity contribution in [2.45, 2.75) is 57.0 Å². The van der Waals surface area contributed by atoms with Gasteiger partial charge in [0.15, 0.2) is 11.9 Å². The SMILES string of the molecule is COC(=O)C(C)(C)NC(=O)C(NC(=O)Cn1nc(-c2ccc(Cl)cc2)n(C[C@H](O)C(F)(F)F)c1=O)c1cccc(C(F)(F)F)c1. The molecule has 0 radical (unpaired) electrons. The molecular weight excluding hydrogens is 640 g/mol. The Balaban J connectivity index is 2.01. The summed E-state index contributed by atoms with van der Waals surface area (Å²) in [7, 11) is 1.03. The van der Waals surface area contributed by atoms with Crippen LogP contribution in [0.3, 0.4) is 0 Å². The van der Waals surface area contributed by atoms with Crippen molar-refractivity contribution in [1.82, 2.24) is 25.0 Å². The van der Waals surface area contributed by atoms with Crippen LogP contribution in [0, 0.1) is 0 Å². The molecule has 45 heavy (non-hydrogen) atoms. The molecule has 0 fully saturated rings. The number of benzene rings is 2. The molecule has 18 heteroatoms. The first-order valence-electron chi connectivity index (χ1n) is 12.8. The number of rotatable bonds is 10. The third kappa shape index (κ3) is 8.63. The maximum atomic E-state index is 13.4. The van der Waals surface area contributed by atoms with Gasteiger partial charge in [-0.25, -0.2) is 14.3 Å². The molecule has 0 bridgehead atoms. The standard InChI is InChI=1S/C27H26ClF6N5O6/c1-25(2,23(43)45-3)36-22(42)20(15-5-4-6-16(11-15)26(29,30)31)35-19(41)13-39-24(44)38(12-18(40)27(32,33)34)21(37-39)14-7-9-17(28)10-8-14/h4-11,18,20,40H,12-13H2,1-3H3,(H,35,41)(H,36,42)/t18-,20?/m0/s1. The fraction of sp³-hybridized carbons (Fsp3) is 0.370. The minimum Gasteiger partial charge on any atom is -0.467 e. The molecule has 1 heterocycles. The van der Waals surface area contributed by atoms with Crippen molar-refractivity contribution in [3.63, 3.8) is 0 Å². The number of hydrogen-bond donors (Lipinski definition) is 3. The summed E-state index contributed by atoms with van der Waals surface area (Å²) < 4.78 is 85.2. The largest absolute Gasteiger partial charge is 0.467 e. The predicted molar refractivity (Wildman–Crippen MR) is 146 cm³/mol. The molecule has 0 saturated heterocycles. The average Bonchev–Trinajstić information content (AvgIpc) is 3.24. The number of carbonyl (C=O) groups excluding carboxylic acids is 3. The molecule has 244 valence electrons. The number of ether oxygens (including phenoxy) is 1. The van der Waals surface area contributed by atoms with Crippen LogP contribution in [0.4, 0.5) is 26.3 Å². The molecule has 1 aromatic heterocycles. The lowest BCUT2D eigenvalue weighted by molar-refractivity contribution is -0.207. The number of aliphatic hydroxyl groups excluding tert-OH is 1. The molecule has 0 saturated carbocycles. The van der Waals surface area contributed by atoms with Gasteiger partial charge in [0.1, 0.15) is 18.1 Å². The van der Waals surface area contributed by atoms with Crippen LogP contribution in [-0.4, -0.2) is 62.2 Å². The van der Waals surface area contributed by atoms with E-state index in [-0.39, 0.29) is 22.0 Å². The van der Waals surface area contributed by atoms with Crippen molar-refractivity contribution in [2.24, 2.45) is 0 Å². The zero-order valence-corrected chi connectivity index (χ0v) is 24.4. The van der Waals surface area contributed by atoms with E-state index in [9.17, 15) is 50.6 Å². The fourth-order valence-electron chi connectivity index (χ4n) is 4.02. The monoisotopic (exact) mass is 665 g/mol. The molecule has 3 rings (SSSR count). The minimum absolute atomic E-state index is 0.0938. The van der Waals surface area contributed by atoms with Gasteiger partial charge in [-0.3, -0.25) is 14.2 Å². The van der Waals surface area contributed by atoms with Gasteiger partial charge in [0, 0.05) is 10.6 Å². The molecule has 3 aromatic rings. The van der Waals surface area contributed by atoms with Crippen LogP contribution in [0.15, 0.2) is 53.3 Å². The highest BCUT2D eigenvalue weighted by molar-refractivity contribution is 6.30. The molecular formula is C27H26ClF6N5O6. The molecule has 0 aliphatic heterocycles. The van der Waals surface area contributed by atoms with Crippen LogP contribution in [0.1, 0.15) is 31.0 Å². The Morgan fingerprint density at radius 2 is 1.67 bits per heavy atom. The van der Waals surface area contributed by atoms with Crippen LogP contribution in [0.25, 0.3) is 11.4 Å². The van der Waals surface area contributed by atoms with Crippen molar-refractivity contribution < 1.29 is 50.6 Å². The number of halogens is 7. The number of hydrogen-bond acceptors (Lipinski definition) is 7. The van der Waals surface area contributed by atoms with Gasteiger partial charge in [0.25, 0.3) is 0 Å². The molecule has 0 aliphatic rings. The smallest absolute Gasteiger partial charge is 0.416 e. The van der Waals surface area contributed by atoms with Crippen molar-refractivity contribution in [1.29, 1.82) is 0 Å². The number of nitrogens with zero attached hydrogens (tertiary/aromatic N) is 3. The number of amides is 2. The Morgan fingerprint density at radius 1 is 1.04 bits per heavy atom. The molecule has 11 nitrogen and oxygen atoms in total. The minimum atomic E-state index is -5.11. The van der Waals surface area contributed by atoms with E-state index in [0.29, 0.717) is 15.3 Å². The van der Waals surface area contributed by atoms with Crippen LogP contribution in [0.2, 0.25) is 5.02 Å². The van der Waals surface area contributed by atoms with Crippen molar-refractivity contribution in [3.8, 4) is 11.4 Å². The van der Waals surface area contributed by atoms with E-state index in [1.54, 1.807) is 0 Å². The molecule has 2 amide bonds. The number of methoxy groups -OCH3 is 1. The highest BCUT2D eigenvalue weighted by Crippen LogP contribution is 2.31. The number of esters is 1. The molecule has 0 aliphatic carbocycles. The van der Waals surface area contributed by atoms with Crippen LogP contribution >= 0.6 is 11.6 Å². The number of carbonyl (C=O) groups is 3. The Kier molecular flexibility index (Phi) is 10.4. The van der Waals surface area contributed by atoms with E-state index in [2.05, 4.69) is 20.5 Å². The lowest BCUT2D eigenvalue weighted by Gasteiger charge is -2.27. The second kappa shape index (κ2) is 13.3. The van der Waals surface area contributed by atoms with Crippen molar-refractivity contribution in [2.75, 3.05) is 7.11 Å². The van der Waals surface area contributed by atoms with Crippen molar-refractivity contribution >= 4 is 29.4 Å². The maximum absolute atomic E-state index is 13.4. The predicted octanol–water partition coefficient (Wildman–Crippen LogP) is 3.23. The van der Waals surface area contributed by atoms with Gasteiger partial charge in [-0.05, 0) is 55.8 Å². The second-order valence-corrected chi connectivity index (χ2v) is 10.6. The lowest BCUT2D eigenvalue weighted by atomic mass is 10.00. The highest BCUT2D eigenvalue weighted by Gasteiger charge is 2.40. The lowest BCUT2D eigenvalue weighted by Crippen LogP contribution is -2.54. The summed E-state index contributed by atoms with van der Waals surface area (Å²) in [4.78, 5) is 51.5. The molecule has 2 aromatic carbocycles. The Bertz CT molecular complexity index is 1620. The van der Waals surface area contributed by atoms with E-state index in [1.807, 2.05) is 0 Å². The van der Waals surface area contributed by atoms with Crippen LogP contribution in [-0.2, 0) is 38.4 Å². The number of nitrogens with one attached hydrogen (secondary N) is 2. The molecule has 0 spiro atoms. The highest BCUT2D eigenvalue weighted by atomic mass is 35.5. The number of aromatic nitrogens is 3. The summed E-state index contributed by atoms with van der Waals surface area (Å²) in [6.45, 7) is 0.167. The summed E-state index contributed by atoms with van der Waals surface area (Å²) in [5.41, 5.74) is -4.38. The number of alkyl halides is 6. The van der Waals surface area contributed by atoms with E-state index in [4.69, 9.17) is 11.6 Å². The first-order valence-corrected chi connectivity index (χ1v) is 13.2. The summed E-state index contributed by atoms with van der Waals surface area (Å²) in [6.07, 6.45) is -12.9. The fourth-order valence-corrected chi connectivity index (χ4v) is 4.15. The summed E-state index contributed by atoms with van der Waals surface area (Å²) >= 11 is 5.86. The van der Waals surface area contributed by atoms with E-state index in [1.165, 1.54) is 38.1 Å². The Hall–Kier alpha value is -4.38. The normalized spacial score (nSPS) is 13.6. The van der Waals surface area contributed by atoms with E-state index in [0.717, 1.165) is 25.3 Å². The number of aliphatic hydroxyl groups is 1. The maximum Gasteiger partial charge on any atom is 0.416 e. The van der Waals surface area contributed by atoms with Gasteiger partial charge < -0.3 is 20.5 Å². The van der Waals surface area contributed by atoms with Gasteiger partial charge in [-0.1, -0.05) is 23.7 Å².